The summed E-state index contributed by atoms with van der Waals surface area (Å²) in [5.41, 5.74) is 0.767. The van der Waals surface area contributed by atoms with E-state index in [0.717, 1.165) is 5.56 Å². The van der Waals surface area contributed by atoms with Crippen molar-refractivity contribution in [1.29, 1.82) is 0 Å². The largest absolute Gasteiger partial charge is 0.439 e. The van der Waals surface area contributed by atoms with Crippen LogP contribution in [0, 0.1) is 0 Å². The van der Waals surface area contributed by atoms with Gasteiger partial charge in [-0.05, 0) is 37.6 Å². The van der Waals surface area contributed by atoms with Crippen molar-refractivity contribution in [3.05, 3.63) is 54.2 Å². The van der Waals surface area contributed by atoms with Crippen LogP contribution in [0.2, 0.25) is 0 Å². The van der Waals surface area contributed by atoms with E-state index in [9.17, 15) is 8.42 Å². The Morgan fingerprint density at radius 3 is 2.58 bits per heavy atom. The van der Waals surface area contributed by atoms with Crippen molar-refractivity contribution in [1.82, 2.24) is 14.0 Å². The lowest BCUT2D eigenvalue weighted by Gasteiger charge is -2.34. The maximum Gasteiger partial charge on any atom is 0.279 e. The lowest BCUT2D eigenvalue weighted by molar-refractivity contribution is -0.0444. The number of rotatable bonds is 6. The molecule has 8 heteroatoms. The SMILES string of the molecule is C[C@@H]1CN(S(=O)(=O)NCc2ccnc(Oc3ccccc3)c2)C[C@H](C)O1. The third-order valence-corrected chi connectivity index (χ3v) is 5.44. The fourth-order valence-corrected chi connectivity index (χ4v) is 4.16. The molecule has 1 fully saturated rings. The van der Waals surface area contributed by atoms with Gasteiger partial charge in [-0.2, -0.15) is 17.4 Å². The molecule has 1 aromatic heterocycles. The van der Waals surface area contributed by atoms with Crippen molar-refractivity contribution in [2.45, 2.75) is 32.6 Å². The highest BCUT2D eigenvalue weighted by Crippen LogP contribution is 2.19. The van der Waals surface area contributed by atoms with E-state index in [1.165, 1.54) is 4.31 Å². The molecule has 26 heavy (non-hydrogen) atoms. The van der Waals surface area contributed by atoms with Gasteiger partial charge in [0, 0.05) is 31.9 Å². The molecule has 0 bridgehead atoms. The first kappa shape index (κ1) is 18.8. The van der Waals surface area contributed by atoms with Crippen molar-refractivity contribution in [3.63, 3.8) is 0 Å². The monoisotopic (exact) mass is 377 g/mol. The minimum absolute atomic E-state index is 0.123. The van der Waals surface area contributed by atoms with E-state index in [1.807, 2.05) is 44.2 Å². The van der Waals surface area contributed by atoms with Crippen LogP contribution in [0.15, 0.2) is 48.7 Å². The van der Waals surface area contributed by atoms with Crippen LogP contribution >= 0.6 is 0 Å². The zero-order valence-corrected chi connectivity index (χ0v) is 15.6. The van der Waals surface area contributed by atoms with E-state index in [1.54, 1.807) is 18.3 Å². The van der Waals surface area contributed by atoms with Gasteiger partial charge in [-0.1, -0.05) is 18.2 Å². The number of ether oxygens (including phenoxy) is 2. The zero-order chi connectivity index (χ0) is 18.6. The van der Waals surface area contributed by atoms with Gasteiger partial charge in [0.05, 0.1) is 12.2 Å². The first-order chi connectivity index (χ1) is 12.4. The number of nitrogens with zero attached hydrogens (tertiary/aromatic N) is 2. The van der Waals surface area contributed by atoms with Crippen molar-refractivity contribution in [2.24, 2.45) is 0 Å². The summed E-state index contributed by atoms with van der Waals surface area (Å²) in [7, 11) is -3.58. The van der Waals surface area contributed by atoms with Crippen molar-refractivity contribution in [3.8, 4) is 11.6 Å². The molecule has 3 rings (SSSR count). The molecule has 140 valence electrons. The average molecular weight is 377 g/mol. The van der Waals surface area contributed by atoms with Gasteiger partial charge in [0.2, 0.25) is 5.88 Å². The van der Waals surface area contributed by atoms with Gasteiger partial charge in [-0.25, -0.2) is 4.98 Å². The summed E-state index contributed by atoms with van der Waals surface area (Å²) in [6.07, 6.45) is 1.35. The number of benzene rings is 1. The van der Waals surface area contributed by atoms with Gasteiger partial charge in [0.15, 0.2) is 0 Å². The Kier molecular flexibility index (Phi) is 5.87. The number of hydrogen-bond acceptors (Lipinski definition) is 5. The highest BCUT2D eigenvalue weighted by atomic mass is 32.2. The smallest absolute Gasteiger partial charge is 0.279 e. The molecular formula is C18H23N3O4S. The fraction of sp³-hybridized carbons (Fsp3) is 0.389. The molecule has 1 aromatic carbocycles. The van der Waals surface area contributed by atoms with E-state index >= 15 is 0 Å². The summed E-state index contributed by atoms with van der Waals surface area (Å²) >= 11 is 0. The minimum atomic E-state index is -3.58. The first-order valence-electron chi connectivity index (χ1n) is 8.50. The third-order valence-electron chi connectivity index (χ3n) is 3.95. The molecule has 2 atom stereocenters. The van der Waals surface area contributed by atoms with Crippen LogP contribution in [0.5, 0.6) is 11.6 Å². The number of hydrogen-bond donors (Lipinski definition) is 1. The average Bonchev–Trinajstić information content (AvgIpc) is 2.60. The van der Waals surface area contributed by atoms with Crippen molar-refractivity contribution < 1.29 is 17.9 Å². The standard InChI is InChI=1S/C18H23N3O4S/c1-14-12-21(13-15(2)24-14)26(22,23)20-11-16-8-9-19-18(10-16)25-17-6-4-3-5-7-17/h3-10,14-15,20H,11-13H2,1-2H3/t14-,15+. The van der Waals surface area contributed by atoms with Crippen LogP contribution in [0.4, 0.5) is 0 Å². The van der Waals surface area contributed by atoms with Gasteiger partial charge in [-0.3, -0.25) is 0 Å². The molecule has 0 spiro atoms. The predicted molar refractivity (Wildman–Crippen MR) is 98.1 cm³/mol. The van der Waals surface area contributed by atoms with Gasteiger partial charge < -0.3 is 9.47 Å². The predicted octanol–water partition coefficient (Wildman–Crippen LogP) is 2.32. The number of nitrogens with one attached hydrogen (secondary N) is 1. The quantitative estimate of drug-likeness (QED) is 0.836. The van der Waals surface area contributed by atoms with Gasteiger partial charge in [0.25, 0.3) is 10.2 Å². The summed E-state index contributed by atoms with van der Waals surface area (Å²) in [5, 5.41) is 0. The summed E-state index contributed by atoms with van der Waals surface area (Å²) in [4.78, 5) is 4.16. The van der Waals surface area contributed by atoms with Crippen molar-refractivity contribution in [2.75, 3.05) is 13.1 Å². The minimum Gasteiger partial charge on any atom is -0.439 e. The van der Waals surface area contributed by atoms with Crippen molar-refractivity contribution >= 4 is 10.2 Å². The van der Waals surface area contributed by atoms with E-state index < -0.39 is 10.2 Å². The molecule has 0 aliphatic carbocycles. The van der Waals surface area contributed by atoms with Crippen LogP contribution in [0.3, 0.4) is 0 Å². The topological polar surface area (TPSA) is 80.8 Å². The van der Waals surface area contributed by atoms with E-state index in [2.05, 4.69) is 9.71 Å². The van der Waals surface area contributed by atoms with Crippen LogP contribution in [0.1, 0.15) is 19.4 Å². The third kappa shape index (κ3) is 5.01. The Morgan fingerprint density at radius 2 is 1.88 bits per heavy atom. The highest BCUT2D eigenvalue weighted by molar-refractivity contribution is 7.87. The van der Waals surface area contributed by atoms with Gasteiger partial charge >= 0.3 is 0 Å². The number of pyridine rings is 1. The number of aromatic nitrogens is 1. The maximum absolute atomic E-state index is 12.5. The second kappa shape index (κ2) is 8.13. The van der Waals surface area contributed by atoms with E-state index in [4.69, 9.17) is 9.47 Å². The normalized spacial score (nSPS) is 21.5. The van der Waals surface area contributed by atoms with E-state index in [0.29, 0.717) is 24.7 Å². The molecule has 2 aromatic rings. The van der Waals surface area contributed by atoms with Crippen LogP contribution in [-0.2, 0) is 21.5 Å². The molecule has 1 saturated heterocycles. The molecule has 0 amide bonds. The molecular weight excluding hydrogens is 354 g/mol. The fourth-order valence-electron chi connectivity index (χ4n) is 2.82. The summed E-state index contributed by atoms with van der Waals surface area (Å²) in [6.45, 7) is 4.59. The molecule has 2 heterocycles. The molecule has 0 unspecified atom stereocenters. The Morgan fingerprint density at radius 1 is 1.19 bits per heavy atom. The van der Waals surface area contributed by atoms with Gasteiger partial charge in [0.1, 0.15) is 5.75 Å². The van der Waals surface area contributed by atoms with Gasteiger partial charge in [-0.15, -0.1) is 0 Å². The molecule has 1 aliphatic rings. The van der Waals surface area contributed by atoms with Crippen LogP contribution in [-0.4, -0.2) is 43.0 Å². The molecule has 0 saturated carbocycles. The molecule has 1 N–H and O–H groups in total. The summed E-state index contributed by atoms with van der Waals surface area (Å²) in [5.74, 6) is 1.09. The van der Waals surface area contributed by atoms with Crippen LogP contribution < -0.4 is 9.46 Å². The first-order valence-corrected chi connectivity index (χ1v) is 9.94. The Bertz CT molecular complexity index is 819. The molecule has 7 nitrogen and oxygen atoms in total. The lowest BCUT2D eigenvalue weighted by Crippen LogP contribution is -2.51. The summed E-state index contributed by atoms with van der Waals surface area (Å²) < 4.78 is 40.4. The van der Waals surface area contributed by atoms with Crippen LogP contribution in [0.25, 0.3) is 0 Å². The Hall–Kier alpha value is -2.00. The maximum atomic E-state index is 12.5. The molecule has 0 radical (unpaired) electrons. The number of para-hydroxylation sites is 1. The second-order valence-electron chi connectivity index (χ2n) is 6.32. The van der Waals surface area contributed by atoms with E-state index in [-0.39, 0.29) is 18.8 Å². The number of morpholine rings is 1. The second-order valence-corrected chi connectivity index (χ2v) is 8.07. The Labute approximate surface area is 154 Å². The zero-order valence-electron chi connectivity index (χ0n) is 14.8. The summed E-state index contributed by atoms with van der Waals surface area (Å²) in [6, 6.07) is 12.8. The molecule has 1 aliphatic heterocycles. The highest BCUT2D eigenvalue weighted by Gasteiger charge is 2.30. The Balaban J connectivity index is 1.63. The lowest BCUT2D eigenvalue weighted by atomic mass is 10.3.